The Bertz CT molecular complexity index is 352. The van der Waals surface area contributed by atoms with E-state index in [0.717, 1.165) is 19.3 Å². The molecule has 0 atom stereocenters. The zero-order chi connectivity index (χ0) is 17.9. The summed E-state index contributed by atoms with van der Waals surface area (Å²) in [4.78, 5) is 29.5. The molecule has 0 unspecified atom stereocenters. The molecule has 0 aliphatic heterocycles. The zero-order valence-electron chi connectivity index (χ0n) is 14.7. The van der Waals surface area contributed by atoms with Gasteiger partial charge in [-0.25, -0.2) is 0 Å². The van der Waals surface area contributed by atoms with Gasteiger partial charge >= 0.3 is 19.8 Å². The summed E-state index contributed by atoms with van der Waals surface area (Å²) in [7, 11) is 0. The van der Waals surface area contributed by atoms with Crippen LogP contribution in [0.15, 0.2) is 0 Å². The molecule has 6 nitrogen and oxygen atoms in total. The molecule has 138 valence electrons. The van der Waals surface area contributed by atoms with Crippen LogP contribution in [-0.2, 0) is 14.4 Å². The Hall–Kier alpha value is -0.954. The third-order valence-electron chi connectivity index (χ3n) is 4.36. The largest absolute Gasteiger partial charge is 3.00 e. The molecule has 25 heavy (non-hydrogen) atoms. The maximum absolute atomic E-state index is 9.82. The molecule has 0 bridgehead atoms. The van der Waals surface area contributed by atoms with Gasteiger partial charge in [-0.05, 0) is 56.3 Å². The van der Waals surface area contributed by atoms with Gasteiger partial charge in [0.25, 0.3) is 0 Å². The van der Waals surface area contributed by atoms with E-state index in [2.05, 4.69) is 0 Å². The Labute approximate surface area is 162 Å². The Morgan fingerprint density at radius 1 is 0.560 bits per heavy atom. The van der Waals surface area contributed by atoms with E-state index in [0.29, 0.717) is 17.8 Å². The van der Waals surface area contributed by atoms with Gasteiger partial charge < -0.3 is 29.7 Å². The minimum Gasteiger partial charge on any atom is -0.550 e. The van der Waals surface area contributed by atoms with Crippen molar-refractivity contribution in [3.8, 4) is 0 Å². The summed E-state index contributed by atoms with van der Waals surface area (Å²) < 4.78 is 0. The minimum atomic E-state index is -0.906. The van der Waals surface area contributed by atoms with E-state index in [1.54, 1.807) is 0 Å². The molecule has 0 spiro atoms. The molecular formula is C18H27GaO6. The fourth-order valence-electron chi connectivity index (χ4n) is 2.19. The van der Waals surface area contributed by atoms with Gasteiger partial charge in [0.05, 0.1) is 0 Å². The van der Waals surface area contributed by atoms with Crippen molar-refractivity contribution in [2.24, 2.45) is 17.8 Å². The smallest absolute Gasteiger partial charge is 0.550 e. The topological polar surface area (TPSA) is 120 Å². The van der Waals surface area contributed by atoms with E-state index in [4.69, 9.17) is 0 Å². The molecule has 3 saturated carbocycles. The monoisotopic (exact) mass is 408 g/mol. The summed E-state index contributed by atoms with van der Waals surface area (Å²) in [6, 6.07) is 0. The molecule has 0 amide bonds. The summed E-state index contributed by atoms with van der Waals surface area (Å²) in [5.41, 5.74) is 0. The van der Waals surface area contributed by atoms with Crippen molar-refractivity contribution in [2.45, 2.75) is 77.0 Å². The van der Waals surface area contributed by atoms with Gasteiger partial charge in [0.1, 0.15) is 0 Å². The number of carboxylic acid groups (broad SMARTS) is 3. The van der Waals surface area contributed by atoms with Gasteiger partial charge in [-0.15, -0.1) is 0 Å². The molecule has 0 radical (unpaired) electrons. The fraction of sp³-hybridized carbons (Fsp3) is 0.833. The number of aliphatic carboxylic acids is 3. The van der Waals surface area contributed by atoms with Crippen molar-refractivity contribution < 1.29 is 29.7 Å². The molecular weight excluding hydrogens is 382 g/mol. The molecule has 3 aliphatic rings. The van der Waals surface area contributed by atoms with Gasteiger partial charge in [-0.1, -0.05) is 38.5 Å². The van der Waals surface area contributed by atoms with Crippen molar-refractivity contribution in [1.29, 1.82) is 0 Å². The Balaban J connectivity index is 0.000000339. The predicted octanol–water partition coefficient (Wildman–Crippen LogP) is -0.601. The normalized spacial score (nSPS) is 17.8. The van der Waals surface area contributed by atoms with Crippen LogP contribution in [0, 0.1) is 17.8 Å². The van der Waals surface area contributed by atoms with Crippen molar-refractivity contribution in [2.75, 3.05) is 0 Å². The first-order valence-corrected chi connectivity index (χ1v) is 8.96. The number of carboxylic acids is 3. The second-order valence-corrected chi connectivity index (χ2v) is 7.06. The molecule has 3 rings (SSSR count). The predicted molar refractivity (Wildman–Crippen MR) is 86.6 cm³/mol. The van der Waals surface area contributed by atoms with Crippen LogP contribution in [0.25, 0.3) is 0 Å². The van der Waals surface area contributed by atoms with E-state index in [9.17, 15) is 29.7 Å². The first-order chi connectivity index (χ1) is 11.4. The summed E-state index contributed by atoms with van der Waals surface area (Å²) in [5.74, 6) is -0.570. The van der Waals surface area contributed by atoms with Crippen LogP contribution in [0.5, 0.6) is 0 Å². The van der Waals surface area contributed by atoms with Crippen LogP contribution in [0.3, 0.4) is 0 Å². The number of hydrogen-bond acceptors (Lipinski definition) is 6. The molecule has 3 fully saturated rings. The van der Waals surface area contributed by atoms with E-state index >= 15 is 0 Å². The first-order valence-electron chi connectivity index (χ1n) is 8.96. The van der Waals surface area contributed by atoms with Crippen molar-refractivity contribution >= 4 is 37.7 Å². The summed E-state index contributed by atoms with van der Waals surface area (Å²) in [6.07, 6.45) is 10.6. The van der Waals surface area contributed by atoms with E-state index < -0.39 is 17.9 Å². The molecule has 0 aromatic heterocycles. The Kier molecular flexibility index (Phi) is 12.8. The molecule has 0 aromatic rings. The summed E-state index contributed by atoms with van der Waals surface area (Å²) in [6.45, 7) is 0. The SMILES string of the molecule is O=C([O-])CCC1CC1.O=C([O-])CCC1CC1.O=C([O-])CCC1CC1.[Ga+3]. The van der Waals surface area contributed by atoms with Gasteiger partial charge in [0.2, 0.25) is 0 Å². The molecule has 7 heteroatoms. The molecule has 0 heterocycles. The molecule has 0 saturated heterocycles. The maximum Gasteiger partial charge on any atom is 3.00 e. The second kappa shape index (κ2) is 13.3. The number of carbonyl (C=O) groups excluding carboxylic acids is 3. The Morgan fingerprint density at radius 2 is 0.760 bits per heavy atom. The standard InChI is InChI=1S/3C6H10O2.Ga/c3*7-6(8)4-3-5-1-2-5;/h3*5H,1-4H2,(H,7,8);/q;;;+3/p-3. The fourth-order valence-corrected chi connectivity index (χ4v) is 2.19. The van der Waals surface area contributed by atoms with Crippen molar-refractivity contribution in [3.63, 3.8) is 0 Å². The third-order valence-corrected chi connectivity index (χ3v) is 4.36. The van der Waals surface area contributed by atoms with E-state index in [1.807, 2.05) is 0 Å². The van der Waals surface area contributed by atoms with Crippen LogP contribution in [0.2, 0.25) is 0 Å². The van der Waals surface area contributed by atoms with Crippen LogP contribution in [0.4, 0.5) is 0 Å². The van der Waals surface area contributed by atoms with Crippen LogP contribution < -0.4 is 15.3 Å². The zero-order valence-corrected chi connectivity index (χ0v) is 17.2. The number of hydrogen-bond donors (Lipinski definition) is 0. The quantitative estimate of drug-likeness (QED) is 0.469. The Morgan fingerprint density at radius 3 is 0.880 bits per heavy atom. The minimum absolute atomic E-state index is 0. The van der Waals surface area contributed by atoms with E-state index in [1.165, 1.54) is 38.5 Å². The molecule has 0 N–H and O–H groups in total. The van der Waals surface area contributed by atoms with Crippen LogP contribution >= 0.6 is 0 Å². The van der Waals surface area contributed by atoms with Crippen molar-refractivity contribution in [3.05, 3.63) is 0 Å². The summed E-state index contributed by atoms with van der Waals surface area (Å²) in [5, 5.41) is 29.5. The van der Waals surface area contributed by atoms with Crippen LogP contribution in [-0.4, -0.2) is 37.7 Å². The van der Waals surface area contributed by atoms with Gasteiger partial charge in [0.15, 0.2) is 0 Å². The van der Waals surface area contributed by atoms with Crippen LogP contribution in [0.1, 0.15) is 77.0 Å². The number of carbonyl (C=O) groups is 3. The molecule has 0 aromatic carbocycles. The second-order valence-electron chi connectivity index (χ2n) is 7.06. The third kappa shape index (κ3) is 19.2. The molecule has 3 aliphatic carbocycles. The average Bonchev–Trinajstić information content (AvgIpc) is 3.40. The van der Waals surface area contributed by atoms with E-state index in [-0.39, 0.29) is 39.1 Å². The average molecular weight is 409 g/mol. The van der Waals surface area contributed by atoms with Gasteiger partial charge in [-0.3, -0.25) is 0 Å². The first kappa shape index (κ1) is 24.0. The van der Waals surface area contributed by atoms with Crippen molar-refractivity contribution in [1.82, 2.24) is 0 Å². The summed E-state index contributed by atoms with van der Waals surface area (Å²) >= 11 is 0. The van der Waals surface area contributed by atoms with Gasteiger partial charge in [-0.2, -0.15) is 0 Å². The number of rotatable bonds is 9. The van der Waals surface area contributed by atoms with Gasteiger partial charge in [0, 0.05) is 17.9 Å². The maximum atomic E-state index is 9.82.